The van der Waals surface area contributed by atoms with Gasteiger partial charge in [0.2, 0.25) is 11.8 Å². The molecule has 1 N–H and O–H groups in total. The van der Waals surface area contributed by atoms with Gasteiger partial charge >= 0.3 is 0 Å². The summed E-state index contributed by atoms with van der Waals surface area (Å²) in [5.41, 5.74) is 1.13. The van der Waals surface area contributed by atoms with Crippen molar-refractivity contribution in [1.82, 2.24) is 10.2 Å². The number of anilines is 1. The fourth-order valence-corrected chi connectivity index (χ4v) is 5.91. The van der Waals surface area contributed by atoms with Gasteiger partial charge in [-0.25, -0.2) is 8.42 Å². The molecule has 3 aromatic carbocycles. The minimum absolute atomic E-state index is 0.0716. The van der Waals surface area contributed by atoms with Crippen molar-refractivity contribution in [2.45, 2.75) is 44.7 Å². The van der Waals surface area contributed by atoms with Crippen molar-refractivity contribution in [2.24, 2.45) is 5.92 Å². The second kappa shape index (κ2) is 14.1. The zero-order valence-corrected chi connectivity index (χ0v) is 25.9. The monoisotopic (exact) mass is 681 g/mol. The van der Waals surface area contributed by atoms with Crippen molar-refractivity contribution < 1.29 is 18.0 Å². The van der Waals surface area contributed by atoms with Crippen molar-refractivity contribution in [3.05, 3.63) is 93.0 Å². The quantitative estimate of drug-likeness (QED) is 0.248. The fourth-order valence-electron chi connectivity index (χ4n) is 3.98. The van der Waals surface area contributed by atoms with E-state index in [1.807, 2.05) is 20.8 Å². The van der Waals surface area contributed by atoms with Crippen molar-refractivity contribution >= 4 is 61.7 Å². The highest BCUT2D eigenvalue weighted by molar-refractivity contribution is 14.1. The maximum absolute atomic E-state index is 14.0. The second-order valence-electron chi connectivity index (χ2n) is 9.51. The molecule has 0 bridgehead atoms. The van der Waals surface area contributed by atoms with Gasteiger partial charge in [-0.2, -0.15) is 0 Å². The van der Waals surface area contributed by atoms with Crippen LogP contribution in [0.1, 0.15) is 32.8 Å². The molecule has 39 heavy (non-hydrogen) atoms. The molecular weight excluding hydrogens is 649 g/mol. The van der Waals surface area contributed by atoms with Crippen LogP contribution in [0.2, 0.25) is 5.02 Å². The average molecular weight is 682 g/mol. The van der Waals surface area contributed by atoms with E-state index in [9.17, 15) is 18.0 Å². The van der Waals surface area contributed by atoms with E-state index in [2.05, 4.69) is 27.9 Å². The third-order valence-corrected chi connectivity index (χ3v) is 8.82. The highest BCUT2D eigenvalue weighted by Gasteiger charge is 2.33. The number of carbonyl (C=O) groups excluding carboxylic acids is 2. The summed E-state index contributed by atoms with van der Waals surface area (Å²) < 4.78 is 29.6. The van der Waals surface area contributed by atoms with Crippen LogP contribution in [-0.4, -0.2) is 44.3 Å². The van der Waals surface area contributed by atoms with Crippen LogP contribution in [0, 0.1) is 9.49 Å². The Morgan fingerprint density at radius 2 is 1.56 bits per heavy atom. The van der Waals surface area contributed by atoms with Crippen molar-refractivity contribution in [1.29, 1.82) is 0 Å². The fraction of sp³-hybridized carbons (Fsp3) is 0.310. The Bertz CT molecular complexity index is 1350. The van der Waals surface area contributed by atoms with E-state index >= 15 is 0 Å². The Kier molecular flexibility index (Phi) is 11.2. The van der Waals surface area contributed by atoms with Gasteiger partial charge in [0.1, 0.15) is 12.6 Å². The molecule has 0 aliphatic heterocycles. The number of nitrogens with one attached hydrogen (secondary N) is 1. The Morgan fingerprint density at radius 3 is 2.13 bits per heavy atom. The molecule has 0 aliphatic carbocycles. The number of hydrogen-bond donors (Lipinski definition) is 1. The maximum Gasteiger partial charge on any atom is 0.264 e. The van der Waals surface area contributed by atoms with Crippen LogP contribution in [0.25, 0.3) is 0 Å². The Labute approximate surface area is 249 Å². The summed E-state index contributed by atoms with van der Waals surface area (Å²) in [6.45, 7) is 5.93. The second-order valence-corrected chi connectivity index (χ2v) is 13.1. The van der Waals surface area contributed by atoms with Gasteiger partial charge in [0.05, 0.1) is 10.6 Å². The van der Waals surface area contributed by atoms with E-state index in [0.717, 1.165) is 13.4 Å². The van der Waals surface area contributed by atoms with Gasteiger partial charge in [0.25, 0.3) is 10.0 Å². The summed E-state index contributed by atoms with van der Waals surface area (Å²) in [6.07, 6.45) is 0.359. The van der Waals surface area contributed by atoms with Gasteiger partial charge in [-0.3, -0.25) is 13.9 Å². The number of rotatable bonds is 12. The summed E-state index contributed by atoms with van der Waals surface area (Å²) in [6, 6.07) is 21.2. The molecule has 0 saturated carbocycles. The molecule has 3 rings (SSSR count). The molecule has 0 radical (unpaired) electrons. The summed E-state index contributed by atoms with van der Waals surface area (Å²) in [5, 5.41) is 3.48. The molecule has 3 aromatic rings. The molecule has 0 fully saturated rings. The van der Waals surface area contributed by atoms with E-state index < -0.39 is 28.5 Å². The van der Waals surface area contributed by atoms with Gasteiger partial charge in [-0.1, -0.05) is 62.7 Å². The molecule has 0 aromatic heterocycles. The number of benzene rings is 3. The highest BCUT2D eigenvalue weighted by atomic mass is 127. The Balaban J connectivity index is 2.02. The lowest BCUT2D eigenvalue weighted by Gasteiger charge is -2.33. The van der Waals surface area contributed by atoms with E-state index in [0.29, 0.717) is 23.7 Å². The first-order valence-electron chi connectivity index (χ1n) is 12.7. The van der Waals surface area contributed by atoms with Crippen molar-refractivity contribution in [2.75, 3.05) is 17.4 Å². The molecule has 208 valence electrons. The SMILES string of the molecule is CC[C@H](C(=O)NCC(C)C)N(Cc1ccc(Cl)cc1)C(=O)CN(c1ccc(I)cc1)S(=O)(=O)c1ccccc1. The Hall–Kier alpha value is -2.63. The number of sulfonamides is 1. The third kappa shape index (κ3) is 8.43. The van der Waals surface area contributed by atoms with E-state index in [-0.39, 0.29) is 23.3 Å². The lowest BCUT2D eigenvalue weighted by Crippen LogP contribution is -2.52. The van der Waals surface area contributed by atoms with Crippen LogP contribution < -0.4 is 9.62 Å². The standard InChI is InChI=1S/C29H33ClIN3O4S/c1-4-27(29(36)32-18-21(2)3)33(19-22-10-12-23(30)13-11-22)28(35)20-34(25-16-14-24(31)15-17-25)39(37,38)26-8-6-5-7-9-26/h5-17,21,27H,4,18-20H2,1-3H3,(H,32,36)/t27-/m1/s1. The molecule has 0 saturated heterocycles. The Morgan fingerprint density at radius 1 is 0.949 bits per heavy atom. The average Bonchev–Trinajstić information content (AvgIpc) is 2.92. The summed E-state index contributed by atoms with van der Waals surface area (Å²) in [4.78, 5) is 28.7. The molecular formula is C29H33ClIN3O4S. The number of amides is 2. The number of halogens is 2. The first kappa shape index (κ1) is 30.9. The third-order valence-electron chi connectivity index (χ3n) is 6.06. The van der Waals surface area contributed by atoms with Crippen LogP contribution >= 0.6 is 34.2 Å². The summed E-state index contributed by atoms with van der Waals surface area (Å²) >= 11 is 8.20. The van der Waals surface area contributed by atoms with Crippen LogP contribution in [0.15, 0.2) is 83.8 Å². The minimum atomic E-state index is -4.08. The first-order chi connectivity index (χ1) is 18.5. The smallest absolute Gasteiger partial charge is 0.264 e. The number of carbonyl (C=O) groups is 2. The molecule has 10 heteroatoms. The van der Waals surface area contributed by atoms with Gasteiger partial charge in [-0.15, -0.1) is 0 Å². The predicted octanol–water partition coefficient (Wildman–Crippen LogP) is 5.72. The molecule has 0 spiro atoms. The number of hydrogen-bond acceptors (Lipinski definition) is 4. The largest absolute Gasteiger partial charge is 0.354 e. The lowest BCUT2D eigenvalue weighted by molar-refractivity contribution is -0.140. The van der Waals surface area contributed by atoms with Crippen molar-refractivity contribution in [3.8, 4) is 0 Å². The lowest BCUT2D eigenvalue weighted by atomic mass is 10.1. The van der Waals surface area contributed by atoms with Gasteiger partial charge in [-0.05, 0) is 89.0 Å². The molecule has 7 nitrogen and oxygen atoms in total. The minimum Gasteiger partial charge on any atom is -0.354 e. The topological polar surface area (TPSA) is 86.8 Å². The van der Waals surface area contributed by atoms with Gasteiger partial charge in [0.15, 0.2) is 0 Å². The molecule has 0 aliphatic rings. The summed E-state index contributed by atoms with van der Waals surface area (Å²) in [7, 11) is -4.08. The van der Waals surface area contributed by atoms with Crippen LogP contribution in [0.4, 0.5) is 5.69 Å². The normalized spacial score (nSPS) is 12.2. The first-order valence-corrected chi connectivity index (χ1v) is 15.6. The predicted molar refractivity (Wildman–Crippen MR) is 164 cm³/mol. The summed E-state index contributed by atoms with van der Waals surface area (Å²) in [5.74, 6) is -0.533. The van der Waals surface area contributed by atoms with E-state index in [4.69, 9.17) is 11.6 Å². The zero-order valence-electron chi connectivity index (χ0n) is 22.2. The zero-order chi connectivity index (χ0) is 28.6. The molecule has 1 atom stereocenters. The van der Waals surface area contributed by atoms with Crippen LogP contribution in [0.3, 0.4) is 0 Å². The molecule has 0 unspecified atom stereocenters. The molecule has 2 amide bonds. The van der Waals surface area contributed by atoms with E-state index in [1.165, 1.54) is 17.0 Å². The van der Waals surface area contributed by atoms with Gasteiger partial charge < -0.3 is 10.2 Å². The highest BCUT2D eigenvalue weighted by Crippen LogP contribution is 2.25. The number of nitrogens with zero attached hydrogens (tertiary/aromatic N) is 2. The molecule has 0 heterocycles. The van der Waals surface area contributed by atoms with Crippen molar-refractivity contribution in [3.63, 3.8) is 0 Å². The van der Waals surface area contributed by atoms with Crippen LogP contribution in [-0.2, 0) is 26.2 Å². The van der Waals surface area contributed by atoms with E-state index in [1.54, 1.807) is 66.7 Å². The van der Waals surface area contributed by atoms with Crippen LogP contribution in [0.5, 0.6) is 0 Å². The van der Waals surface area contributed by atoms with Gasteiger partial charge in [0, 0.05) is 21.7 Å². The maximum atomic E-state index is 14.0.